The molecule has 0 amide bonds. The number of hydrogen-bond donors (Lipinski definition) is 0. The number of alkyl halides is 1. The molecule has 0 N–H and O–H groups in total. The Labute approximate surface area is 109 Å². The van der Waals surface area contributed by atoms with E-state index in [0.29, 0.717) is 10.2 Å². The molecule has 1 aromatic carbocycles. The summed E-state index contributed by atoms with van der Waals surface area (Å²) in [4.78, 5) is 0.638. The van der Waals surface area contributed by atoms with E-state index in [4.69, 9.17) is 0 Å². The maximum absolute atomic E-state index is 3.77. The fraction of sp³-hybridized carbons (Fsp3) is 0.429. The highest BCUT2D eigenvalue weighted by Gasteiger charge is 2.46. The van der Waals surface area contributed by atoms with Gasteiger partial charge in [-0.25, -0.2) is 0 Å². The molecular formula is C14H15BrS. The molecule has 0 spiro atoms. The maximum Gasteiger partial charge on any atom is 0.0345 e. The molecule has 84 valence electrons. The van der Waals surface area contributed by atoms with Crippen LogP contribution in [0.4, 0.5) is 0 Å². The lowest BCUT2D eigenvalue weighted by Crippen LogP contribution is -2.14. The smallest absolute Gasteiger partial charge is 0.0345 e. The Morgan fingerprint density at radius 2 is 2.12 bits per heavy atom. The molecular weight excluding hydrogens is 280 g/mol. The molecule has 0 saturated heterocycles. The molecule has 1 aromatic heterocycles. The van der Waals surface area contributed by atoms with E-state index >= 15 is 0 Å². The number of halogens is 1. The molecule has 1 heterocycles. The summed E-state index contributed by atoms with van der Waals surface area (Å²) >= 11 is 5.65. The molecule has 1 unspecified atom stereocenters. The van der Waals surface area contributed by atoms with Gasteiger partial charge in [0.05, 0.1) is 0 Å². The van der Waals surface area contributed by atoms with Crippen molar-refractivity contribution >= 4 is 37.4 Å². The van der Waals surface area contributed by atoms with Gasteiger partial charge < -0.3 is 0 Å². The maximum atomic E-state index is 3.77. The highest BCUT2D eigenvalue weighted by molar-refractivity contribution is 9.09. The standard InChI is InChI=1S/C14H15BrS/c1-10(15)14(6-7-14)8-11-9-16-13-5-3-2-4-12(11)13/h2-5,9-10H,6-8H2,1H3. The van der Waals surface area contributed by atoms with Crippen LogP contribution in [0.25, 0.3) is 10.1 Å². The summed E-state index contributed by atoms with van der Waals surface area (Å²) in [5, 5.41) is 3.81. The predicted molar refractivity (Wildman–Crippen MR) is 75.6 cm³/mol. The molecule has 2 aromatic rings. The molecule has 1 fully saturated rings. The van der Waals surface area contributed by atoms with Gasteiger partial charge in [-0.3, -0.25) is 0 Å². The summed E-state index contributed by atoms with van der Waals surface area (Å²) in [6.07, 6.45) is 4.00. The summed E-state index contributed by atoms with van der Waals surface area (Å²) in [6, 6.07) is 8.76. The Hall–Kier alpha value is -0.340. The van der Waals surface area contributed by atoms with E-state index in [1.165, 1.54) is 29.3 Å². The van der Waals surface area contributed by atoms with Gasteiger partial charge in [0.25, 0.3) is 0 Å². The van der Waals surface area contributed by atoms with Crippen LogP contribution in [0.1, 0.15) is 25.3 Å². The Balaban J connectivity index is 1.95. The van der Waals surface area contributed by atoms with Gasteiger partial charge >= 0.3 is 0 Å². The van der Waals surface area contributed by atoms with E-state index in [-0.39, 0.29) is 0 Å². The van der Waals surface area contributed by atoms with Gasteiger partial charge in [0.2, 0.25) is 0 Å². The average molecular weight is 295 g/mol. The van der Waals surface area contributed by atoms with Crippen molar-refractivity contribution in [3.8, 4) is 0 Å². The van der Waals surface area contributed by atoms with Gasteiger partial charge in [0.1, 0.15) is 0 Å². The minimum absolute atomic E-state index is 0.545. The monoisotopic (exact) mass is 294 g/mol. The van der Waals surface area contributed by atoms with Crippen LogP contribution in [0.5, 0.6) is 0 Å². The van der Waals surface area contributed by atoms with E-state index < -0.39 is 0 Å². The second kappa shape index (κ2) is 3.85. The predicted octanol–water partition coefficient (Wildman–Crippen LogP) is 5.01. The van der Waals surface area contributed by atoms with Crippen molar-refractivity contribution in [3.63, 3.8) is 0 Å². The Morgan fingerprint density at radius 1 is 1.38 bits per heavy atom. The lowest BCUT2D eigenvalue weighted by atomic mass is 9.94. The topological polar surface area (TPSA) is 0 Å². The van der Waals surface area contributed by atoms with E-state index in [9.17, 15) is 0 Å². The fourth-order valence-electron chi connectivity index (χ4n) is 2.42. The largest absolute Gasteiger partial charge is 0.144 e. The van der Waals surface area contributed by atoms with E-state index in [2.05, 4.69) is 52.5 Å². The van der Waals surface area contributed by atoms with E-state index in [1.807, 2.05) is 11.3 Å². The SMILES string of the molecule is CC(Br)C1(Cc2csc3ccccc23)CC1. The average Bonchev–Trinajstić information content (AvgIpc) is 2.96. The zero-order chi connectivity index (χ0) is 11.2. The van der Waals surface area contributed by atoms with Crippen LogP contribution < -0.4 is 0 Å². The van der Waals surface area contributed by atoms with E-state index in [1.54, 1.807) is 5.56 Å². The van der Waals surface area contributed by atoms with Crippen LogP contribution >= 0.6 is 27.3 Å². The molecule has 1 atom stereocenters. The number of rotatable bonds is 3. The highest BCUT2D eigenvalue weighted by atomic mass is 79.9. The molecule has 0 bridgehead atoms. The summed E-state index contributed by atoms with van der Waals surface area (Å²) < 4.78 is 1.43. The summed E-state index contributed by atoms with van der Waals surface area (Å²) in [5.74, 6) is 0. The van der Waals surface area contributed by atoms with Crippen LogP contribution in [-0.4, -0.2) is 4.83 Å². The highest BCUT2D eigenvalue weighted by Crippen LogP contribution is 2.54. The van der Waals surface area contributed by atoms with Crippen molar-refractivity contribution in [2.24, 2.45) is 5.41 Å². The molecule has 0 aliphatic heterocycles. The number of benzene rings is 1. The van der Waals surface area contributed by atoms with Gasteiger partial charge in [-0.1, -0.05) is 41.1 Å². The van der Waals surface area contributed by atoms with Crippen LogP contribution in [0, 0.1) is 5.41 Å². The Morgan fingerprint density at radius 3 is 2.81 bits per heavy atom. The van der Waals surface area contributed by atoms with Crippen molar-refractivity contribution in [2.75, 3.05) is 0 Å². The summed E-state index contributed by atoms with van der Waals surface area (Å²) in [6.45, 7) is 2.29. The van der Waals surface area contributed by atoms with Crippen molar-refractivity contribution < 1.29 is 0 Å². The minimum atomic E-state index is 0.545. The minimum Gasteiger partial charge on any atom is -0.144 e. The van der Waals surface area contributed by atoms with E-state index in [0.717, 1.165) is 0 Å². The number of fused-ring (bicyclic) bond motifs is 1. The van der Waals surface area contributed by atoms with Crippen LogP contribution in [0.15, 0.2) is 29.6 Å². The van der Waals surface area contributed by atoms with Gasteiger partial charge in [0, 0.05) is 9.53 Å². The third-order valence-corrected chi connectivity index (χ3v) is 5.82. The van der Waals surface area contributed by atoms with Crippen molar-refractivity contribution in [3.05, 3.63) is 35.2 Å². The fourth-order valence-corrected chi connectivity index (χ4v) is 4.01. The first-order valence-electron chi connectivity index (χ1n) is 5.80. The van der Waals surface area contributed by atoms with Gasteiger partial charge in [-0.15, -0.1) is 11.3 Å². The van der Waals surface area contributed by atoms with Gasteiger partial charge in [-0.05, 0) is 47.1 Å². The summed E-state index contributed by atoms with van der Waals surface area (Å²) in [5.41, 5.74) is 2.09. The third kappa shape index (κ3) is 1.72. The van der Waals surface area contributed by atoms with Gasteiger partial charge in [0.15, 0.2) is 0 Å². The summed E-state index contributed by atoms with van der Waals surface area (Å²) in [7, 11) is 0. The second-order valence-corrected chi connectivity index (χ2v) is 7.20. The van der Waals surface area contributed by atoms with Crippen molar-refractivity contribution in [1.82, 2.24) is 0 Å². The van der Waals surface area contributed by atoms with Gasteiger partial charge in [-0.2, -0.15) is 0 Å². The first kappa shape index (κ1) is 10.8. The Kier molecular flexibility index (Phi) is 2.60. The molecule has 3 rings (SSSR count). The molecule has 1 aliphatic rings. The number of thiophene rings is 1. The number of hydrogen-bond acceptors (Lipinski definition) is 1. The second-order valence-electron chi connectivity index (χ2n) is 4.91. The lowest BCUT2D eigenvalue weighted by molar-refractivity contribution is 0.511. The third-order valence-electron chi connectivity index (χ3n) is 3.84. The molecule has 0 radical (unpaired) electrons. The molecule has 2 heteroatoms. The van der Waals surface area contributed by atoms with Crippen LogP contribution in [0.2, 0.25) is 0 Å². The molecule has 1 aliphatic carbocycles. The zero-order valence-electron chi connectivity index (χ0n) is 9.37. The first-order valence-corrected chi connectivity index (χ1v) is 7.60. The normalized spacial score (nSPS) is 19.9. The quantitative estimate of drug-likeness (QED) is 0.698. The van der Waals surface area contributed by atoms with Crippen LogP contribution in [-0.2, 0) is 6.42 Å². The first-order chi connectivity index (χ1) is 7.71. The molecule has 0 nitrogen and oxygen atoms in total. The van der Waals surface area contributed by atoms with Crippen molar-refractivity contribution in [1.29, 1.82) is 0 Å². The molecule has 16 heavy (non-hydrogen) atoms. The molecule has 1 saturated carbocycles. The zero-order valence-corrected chi connectivity index (χ0v) is 11.8. The van der Waals surface area contributed by atoms with Crippen molar-refractivity contribution in [2.45, 2.75) is 31.0 Å². The van der Waals surface area contributed by atoms with Crippen LogP contribution in [0.3, 0.4) is 0 Å². The lowest BCUT2D eigenvalue weighted by Gasteiger charge is -2.17. The Bertz CT molecular complexity index is 508.